The Balaban J connectivity index is 1.53. The van der Waals surface area contributed by atoms with Crippen molar-refractivity contribution in [1.82, 2.24) is 34.8 Å². The molecule has 0 aliphatic carbocycles. The van der Waals surface area contributed by atoms with Crippen molar-refractivity contribution in [2.24, 2.45) is 12.0 Å². The molecule has 0 spiro atoms. The Hall–Kier alpha value is -2.46. The molecule has 0 atom stereocenters. The Labute approximate surface area is 172 Å². The highest BCUT2D eigenvalue weighted by molar-refractivity contribution is 5.80. The molecule has 29 heavy (non-hydrogen) atoms. The van der Waals surface area contributed by atoms with Crippen molar-refractivity contribution in [3.63, 3.8) is 0 Å². The minimum absolute atomic E-state index is 0.193. The number of carbonyl (C=O) groups is 1. The van der Waals surface area contributed by atoms with E-state index in [1.54, 1.807) is 0 Å². The summed E-state index contributed by atoms with van der Waals surface area (Å²) in [5.41, 5.74) is 0. The first-order valence-corrected chi connectivity index (χ1v) is 10.2. The van der Waals surface area contributed by atoms with Gasteiger partial charge in [-0.05, 0) is 6.92 Å². The fraction of sp³-hybridized carbons (Fsp3) is 0.684. The van der Waals surface area contributed by atoms with Crippen molar-refractivity contribution in [2.75, 3.05) is 65.6 Å². The van der Waals surface area contributed by atoms with E-state index < -0.39 is 0 Å². The SMILES string of the molecule is C=CCNC(=NCc1nnc(C)n1C)N1CCN(CC(=O)N2CCOCC2)CC1. The number of guanidine groups is 1. The fourth-order valence-electron chi connectivity index (χ4n) is 3.39. The van der Waals surface area contributed by atoms with Crippen LogP contribution in [0.3, 0.4) is 0 Å². The number of aliphatic imine (C=N–C) groups is 1. The molecule has 2 aliphatic rings. The monoisotopic (exact) mass is 404 g/mol. The second-order valence-corrected chi connectivity index (χ2v) is 7.29. The molecule has 0 radical (unpaired) electrons. The van der Waals surface area contributed by atoms with Gasteiger partial charge >= 0.3 is 0 Å². The molecule has 10 nitrogen and oxygen atoms in total. The second kappa shape index (κ2) is 10.4. The minimum atomic E-state index is 0.193. The van der Waals surface area contributed by atoms with Crippen LogP contribution in [0.4, 0.5) is 0 Å². The number of rotatable bonds is 6. The number of hydrogen-bond donors (Lipinski definition) is 1. The third-order valence-corrected chi connectivity index (χ3v) is 5.35. The number of aryl methyl sites for hydroxylation is 1. The smallest absolute Gasteiger partial charge is 0.236 e. The van der Waals surface area contributed by atoms with Crippen molar-refractivity contribution < 1.29 is 9.53 Å². The number of nitrogens with one attached hydrogen (secondary N) is 1. The van der Waals surface area contributed by atoms with E-state index in [1.807, 2.05) is 29.5 Å². The molecule has 160 valence electrons. The summed E-state index contributed by atoms with van der Waals surface area (Å²) < 4.78 is 7.27. The van der Waals surface area contributed by atoms with E-state index in [0.29, 0.717) is 45.9 Å². The van der Waals surface area contributed by atoms with E-state index in [9.17, 15) is 4.79 Å². The lowest BCUT2D eigenvalue weighted by atomic mass is 10.3. The summed E-state index contributed by atoms with van der Waals surface area (Å²) in [7, 11) is 1.95. The Kier molecular flexibility index (Phi) is 7.59. The normalized spacial score (nSPS) is 18.8. The fourth-order valence-corrected chi connectivity index (χ4v) is 3.39. The van der Waals surface area contributed by atoms with Crippen LogP contribution in [-0.2, 0) is 23.1 Å². The number of morpholine rings is 1. The first kappa shape index (κ1) is 21.3. The van der Waals surface area contributed by atoms with Crippen LogP contribution in [-0.4, -0.2) is 107 Å². The average molecular weight is 405 g/mol. The van der Waals surface area contributed by atoms with E-state index in [1.165, 1.54) is 0 Å². The van der Waals surface area contributed by atoms with Gasteiger partial charge in [0.25, 0.3) is 0 Å². The van der Waals surface area contributed by atoms with Gasteiger partial charge in [0.2, 0.25) is 5.91 Å². The Morgan fingerprint density at radius 1 is 1.17 bits per heavy atom. The molecule has 3 heterocycles. The molecular weight excluding hydrogens is 372 g/mol. The summed E-state index contributed by atoms with van der Waals surface area (Å²) in [5.74, 6) is 2.73. The molecule has 10 heteroatoms. The van der Waals surface area contributed by atoms with Crippen LogP contribution in [0, 0.1) is 6.92 Å². The molecule has 2 saturated heterocycles. The molecule has 0 aromatic carbocycles. The lowest BCUT2D eigenvalue weighted by Crippen LogP contribution is -2.55. The van der Waals surface area contributed by atoms with Crippen molar-refractivity contribution in [3.8, 4) is 0 Å². The lowest BCUT2D eigenvalue weighted by Gasteiger charge is -2.37. The largest absolute Gasteiger partial charge is 0.378 e. The number of carbonyl (C=O) groups excluding carboxylic acids is 1. The van der Waals surface area contributed by atoms with E-state index in [4.69, 9.17) is 9.73 Å². The van der Waals surface area contributed by atoms with Gasteiger partial charge in [0.1, 0.15) is 12.4 Å². The summed E-state index contributed by atoms with van der Waals surface area (Å²) in [6, 6.07) is 0. The van der Waals surface area contributed by atoms with Gasteiger partial charge in [-0.15, -0.1) is 16.8 Å². The molecule has 2 aliphatic heterocycles. The number of ether oxygens (including phenoxy) is 1. The quantitative estimate of drug-likeness (QED) is 0.378. The Bertz CT molecular complexity index is 718. The minimum Gasteiger partial charge on any atom is -0.378 e. The summed E-state index contributed by atoms with van der Waals surface area (Å²) in [6.45, 7) is 13.2. The summed E-state index contributed by atoms with van der Waals surface area (Å²) in [5, 5.41) is 11.6. The van der Waals surface area contributed by atoms with Crippen LogP contribution >= 0.6 is 0 Å². The highest BCUT2D eigenvalue weighted by atomic mass is 16.5. The number of amides is 1. The molecule has 0 bridgehead atoms. The van der Waals surface area contributed by atoms with Crippen LogP contribution in [0.25, 0.3) is 0 Å². The lowest BCUT2D eigenvalue weighted by molar-refractivity contribution is -0.136. The average Bonchev–Trinajstić information content (AvgIpc) is 3.07. The first-order valence-electron chi connectivity index (χ1n) is 10.2. The molecule has 0 saturated carbocycles. The Morgan fingerprint density at radius 2 is 1.90 bits per heavy atom. The summed E-state index contributed by atoms with van der Waals surface area (Å²) >= 11 is 0. The molecule has 3 rings (SSSR count). The number of piperazine rings is 1. The number of nitrogens with zero attached hydrogens (tertiary/aromatic N) is 7. The highest BCUT2D eigenvalue weighted by Crippen LogP contribution is 2.06. The van der Waals surface area contributed by atoms with Gasteiger partial charge in [-0.1, -0.05) is 6.08 Å². The van der Waals surface area contributed by atoms with Crippen molar-refractivity contribution in [1.29, 1.82) is 0 Å². The zero-order valence-corrected chi connectivity index (χ0v) is 17.5. The zero-order valence-electron chi connectivity index (χ0n) is 17.5. The van der Waals surface area contributed by atoms with Gasteiger partial charge in [-0.25, -0.2) is 4.99 Å². The molecule has 1 amide bonds. The number of aromatic nitrogens is 3. The molecule has 0 unspecified atom stereocenters. The maximum Gasteiger partial charge on any atom is 0.236 e. The van der Waals surface area contributed by atoms with Crippen LogP contribution in [0.2, 0.25) is 0 Å². The van der Waals surface area contributed by atoms with Gasteiger partial charge in [-0.2, -0.15) is 0 Å². The van der Waals surface area contributed by atoms with E-state index in [2.05, 4.69) is 31.9 Å². The van der Waals surface area contributed by atoms with E-state index in [-0.39, 0.29) is 5.91 Å². The summed E-state index contributed by atoms with van der Waals surface area (Å²) in [6.07, 6.45) is 1.82. The third kappa shape index (κ3) is 5.77. The third-order valence-electron chi connectivity index (χ3n) is 5.35. The van der Waals surface area contributed by atoms with E-state index in [0.717, 1.165) is 43.8 Å². The van der Waals surface area contributed by atoms with Gasteiger partial charge in [0, 0.05) is 52.9 Å². The van der Waals surface area contributed by atoms with Crippen molar-refractivity contribution >= 4 is 11.9 Å². The van der Waals surface area contributed by atoms with Crippen LogP contribution < -0.4 is 5.32 Å². The maximum atomic E-state index is 12.5. The standard InChI is InChI=1S/C19H32N8O2/c1-4-5-20-19(21-14-17-23-22-16(2)24(17)3)27-8-6-25(7-9-27)15-18(28)26-10-12-29-13-11-26/h4H,1,5-15H2,2-3H3,(H,20,21). The molecule has 2 fully saturated rings. The van der Waals surface area contributed by atoms with Gasteiger partial charge < -0.3 is 24.4 Å². The predicted octanol–water partition coefficient (Wildman–Crippen LogP) is -0.768. The topological polar surface area (TPSA) is 91.1 Å². The van der Waals surface area contributed by atoms with Gasteiger partial charge in [0.15, 0.2) is 11.8 Å². The first-order chi connectivity index (χ1) is 14.1. The second-order valence-electron chi connectivity index (χ2n) is 7.29. The highest BCUT2D eigenvalue weighted by Gasteiger charge is 2.24. The maximum absolute atomic E-state index is 12.5. The predicted molar refractivity (Wildman–Crippen MR) is 110 cm³/mol. The van der Waals surface area contributed by atoms with Gasteiger partial charge in [0.05, 0.1) is 19.8 Å². The summed E-state index contributed by atoms with van der Waals surface area (Å²) in [4.78, 5) is 23.5. The van der Waals surface area contributed by atoms with Gasteiger partial charge in [-0.3, -0.25) is 9.69 Å². The molecule has 1 aromatic heterocycles. The van der Waals surface area contributed by atoms with Crippen LogP contribution in [0.1, 0.15) is 11.6 Å². The molecular formula is C19H32N8O2. The Morgan fingerprint density at radius 3 is 2.52 bits per heavy atom. The van der Waals surface area contributed by atoms with Crippen molar-refractivity contribution in [2.45, 2.75) is 13.5 Å². The van der Waals surface area contributed by atoms with Crippen LogP contribution in [0.15, 0.2) is 17.6 Å². The van der Waals surface area contributed by atoms with E-state index >= 15 is 0 Å². The van der Waals surface area contributed by atoms with Crippen molar-refractivity contribution in [3.05, 3.63) is 24.3 Å². The van der Waals surface area contributed by atoms with Crippen LogP contribution in [0.5, 0.6) is 0 Å². The zero-order chi connectivity index (χ0) is 20.6. The number of hydrogen-bond acceptors (Lipinski definition) is 6. The molecule has 1 aromatic rings. The molecule has 1 N–H and O–H groups in total.